The number of carboxylic acid groups (broad SMARTS) is 1. The number of hydrogen-bond acceptors (Lipinski definition) is 8. The van der Waals surface area contributed by atoms with Gasteiger partial charge in [0.15, 0.2) is 5.75 Å². The molecule has 1 fully saturated rings. The fourth-order valence-corrected chi connectivity index (χ4v) is 4.27. The molecule has 35 heavy (non-hydrogen) atoms. The molecule has 2 aliphatic rings. The van der Waals surface area contributed by atoms with E-state index in [0.717, 1.165) is 30.8 Å². The van der Waals surface area contributed by atoms with Gasteiger partial charge < -0.3 is 25.2 Å². The Bertz CT molecular complexity index is 1350. The number of phenolic OH excluding ortho intramolecular Hbond substituents is 1. The second-order valence-electron chi connectivity index (χ2n) is 7.64. The summed E-state index contributed by atoms with van der Waals surface area (Å²) >= 11 is 6.76. The Morgan fingerprint density at radius 1 is 1.34 bits per heavy atom. The summed E-state index contributed by atoms with van der Waals surface area (Å²) < 4.78 is 37.9. The quantitative estimate of drug-likeness (QED) is 0.453. The molecular formula is C22H17ClF3N5O4. The summed E-state index contributed by atoms with van der Waals surface area (Å²) in [4.78, 5) is 20.1. The highest BCUT2D eigenvalue weighted by Crippen LogP contribution is 2.47. The van der Waals surface area contributed by atoms with Crippen LogP contribution in [0.5, 0.6) is 11.5 Å². The Morgan fingerprint density at radius 2 is 2.09 bits per heavy atom. The summed E-state index contributed by atoms with van der Waals surface area (Å²) in [6.45, 7) is 2.93. The van der Waals surface area contributed by atoms with Crippen LogP contribution in [0.1, 0.15) is 5.56 Å². The monoisotopic (exact) mass is 507 g/mol. The van der Waals surface area contributed by atoms with Crippen LogP contribution in [0.15, 0.2) is 30.6 Å². The Hall–Kier alpha value is -3.82. The third kappa shape index (κ3) is 4.60. The van der Waals surface area contributed by atoms with Gasteiger partial charge in [0.1, 0.15) is 24.5 Å². The number of nitrogens with one attached hydrogen (secondary N) is 1. The molecule has 0 spiro atoms. The first kappa shape index (κ1) is 24.3. The summed E-state index contributed by atoms with van der Waals surface area (Å²) in [5.41, 5.74) is 1.88. The number of carboxylic acids is 1. The largest absolute Gasteiger partial charge is 0.507 e. The van der Waals surface area contributed by atoms with Gasteiger partial charge >= 0.3 is 12.1 Å². The standard InChI is InChI=1S/C20H16ClN5O2.C2HF3O2/c21-18-13(16-11(7-22)2-1-3-15(16)27)6-14-17-19(18)28-9-12-8-23-4-5-26(12)20(17)25-10-24-14;3-2(4,5)1(6)7/h1-3,6,10,12,23,27H,4-5,8-9H2;(H,6,7)/t12-;/m0./s1. The number of rotatable bonds is 1. The van der Waals surface area contributed by atoms with Gasteiger partial charge in [0.2, 0.25) is 0 Å². The second kappa shape index (κ2) is 9.44. The number of aliphatic carboxylic acids is 1. The van der Waals surface area contributed by atoms with E-state index in [2.05, 4.69) is 26.3 Å². The fourth-order valence-electron chi connectivity index (χ4n) is 3.97. The minimum atomic E-state index is -5.08. The van der Waals surface area contributed by atoms with Crippen LogP contribution in [0.25, 0.3) is 22.0 Å². The molecule has 2 aliphatic heterocycles. The van der Waals surface area contributed by atoms with Gasteiger partial charge in [-0.3, -0.25) is 0 Å². The lowest BCUT2D eigenvalue weighted by molar-refractivity contribution is -0.192. The van der Waals surface area contributed by atoms with Crippen molar-refractivity contribution in [2.75, 3.05) is 31.1 Å². The van der Waals surface area contributed by atoms with Crippen molar-refractivity contribution < 1.29 is 32.9 Å². The van der Waals surface area contributed by atoms with Crippen LogP contribution in [0.2, 0.25) is 5.02 Å². The van der Waals surface area contributed by atoms with Crippen LogP contribution >= 0.6 is 11.6 Å². The van der Waals surface area contributed by atoms with Gasteiger partial charge in [0.05, 0.1) is 33.6 Å². The van der Waals surface area contributed by atoms with Gasteiger partial charge in [-0.05, 0) is 18.2 Å². The van der Waals surface area contributed by atoms with Crippen molar-refractivity contribution in [3.63, 3.8) is 0 Å². The normalized spacial score (nSPS) is 16.8. The molecule has 13 heteroatoms. The molecule has 182 valence electrons. The molecule has 0 radical (unpaired) electrons. The molecule has 0 saturated carbocycles. The number of anilines is 1. The zero-order valence-electron chi connectivity index (χ0n) is 17.8. The molecule has 1 aromatic heterocycles. The molecule has 0 bridgehead atoms. The maximum atomic E-state index is 10.6. The average Bonchev–Trinajstić information content (AvgIpc) is 2.99. The Morgan fingerprint density at radius 3 is 2.77 bits per heavy atom. The number of nitriles is 1. The lowest BCUT2D eigenvalue weighted by Gasteiger charge is -2.35. The van der Waals surface area contributed by atoms with Gasteiger partial charge in [-0.2, -0.15) is 18.4 Å². The third-order valence-corrected chi connectivity index (χ3v) is 5.89. The molecular weight excluding hydrogens is 491 g/mol. The number of benzene rings is 2. The first-order valence-electron chi connectivity index (χ1n) is 10.2. The number of ether oxygens (including phenoxy) is 1. The molecule has 3 aromatic rings. The van der Waals surface area contributed by atoms with E-state index in [0.29, 0.717) is 39.6 Å². The average molecular weight is 508 g/mol. The first-order chi connectivity index (χ1) is 16.6. The van der Waals surface area contributed by atoms with Gasteiger partial charge in [-0.15, -0.1) is 0 Å². The number of aromatic nitrogens is 2. The molecule has 2 aromatic carbocycles. The van der Waals surface area contributed by atoms with Crippen molar-refractivity contribution in [3.05, 3.63) is 41.2 Å². The first-order valence-corrected chi connectivity index (χ1v) is 10.6. The summed E-state index contributed by atoms with van der Waals surface area (Å²) in [5, 5.41) is 31.5. The Labute approximate surface area is 201 Å². The number of hydrogen-bond donors (Lipinski definition) is 3. The van der Waals surface area contributed by atoms with E-state index in [1.165, 1.54) is 12.4 Å². The topological polar surface area (TPSA) is 132 Å². The number of carbonyl (C=O) groups is 1. The van der Waals surface area contributed by atoms with Crippen LogP contribution in [0.3, 0.4) is 0 Å². The van der Waals surface area contributed by atoms with Gasteiger partial charge in [-0.1, -0.05) is 17.7 Å². The molecule has 0 aliphatic carbocycles. The van der Waals surface area contributed by atoms with Gasteiger partial charge in [-0.25, -0.2) is 14.8 Å². The maximum Gasteiger partial charge on any atom is 0.490 e. The molecule has 5 rings (SSSR count). The van der Waals surface area contributed by atoms with Crippen LogP contribution in [0, 0.1) is 11.3 Å². The number of nitrogens with zero attached hydrogens (tertiary/aromatic N) is 4. The number of piperazine rings is 1. The predicted molar refractivity (Wildman–Crippen MR) is 120 cm³/mol. The number of halogens is 4. The highest BCUT2D eigenvalue weighted by Gasteiger charge is 2.38. The van der Waals surface area contributed by atoms with E-state index >= 15 is 0 Å². The van der Waals surface area contributed by atoms with Crippen molar-refractivity contribution in [1.29, 1.82) is 5.26 Å². The van der Waals surface area contributed by atoms with Crippen molar-refractivity contribution >= 4 is 34.3 Å². The van der Waals surface area contributed by atoms with Crippen LogP contribution in [-0.2, 0) is 4.79 Å². The Kier molecular flexibility index (Phi) is 6.56. The van der Waals surface area contributed by atoms with Crippen LogP contribution in [-0.4, -0.2) is 64.6 Å². The lowest BCUT2D eigenvalue weighted by atomic mass is 9.97. The van der Waals surface area contributed by atoms with Crippen LogP contribution < -0.4 is 15.0 Å². The number of alkyl halides is 3. The van der Waals surface area contributed by atoms with Crippen molar-refractivity contribution in [1.82, 2.24) is 15.3 Å². The molecule has 3 N–H and O–H groups in total. The third-order valence-electron chi connectivity index (χ3n) is 5.52. The highest BCUT2D eigenvalue weighted by atomic mass is 35.5. The van der Waals surface area contributed by atoms with E-state index in [4.69, 9.17) is 26.2 Å². The molecule has 1 atom stereocenters. The van der Waals surface area contributed by atoms with E-state index in [1.807, 2.05) is 0 Å². The van der Waals surface area contributed by atoms with Crippen LogP contribution in [0.4, 0.5) is 19.0 Å². The van der Waals surface area contributed by atoms with Crippen molar-refractivity contribution in [2.24, 2.45) is 0 Å². The van der Waals surface area contributed by atoms with E-state index < -0.39 is 12.1 Å². The zero-order valence-corrected chi connectivity index (χ0v) is 18.6. The van der Waals surface area contributed by atoms with Crippen molar-refractivity contribution in [2.45, 2.75) is 12.2 Å². The smallest absolute Gasteiger partial charge is 0.490 e. The van der Waals surface area contributed by atoms with Gasteiger partial charge in [0, 0.05) is 30.8 Å². The van der Waals surface area contributed by atoms with E-state index in [9.17, 15) is 23.5 Å². The summed E-state index contributed by atoms with van der Waals surface area (Å²) in [6.07, 6.45) is -3.56. The van der Waals surface area contributed by atoms with Crippen molar-refractivity contribution in [3.8, 4) is 28.7 Å². The van der Waals surface area contributed by atoms with E-state index in [1.54, 1.807) is 18.2 Å². The fraction of sp³-hybridized carbons (Fsp3) is 0.273. The summed E-state index contributed by atoms with van der Waals surface area (Å²) in [5.74, 6) is -1.48. The van der Waals surface area contributed by atoms with E-state index in [-0.39, 0.29) is 11.8 Å². The minimum absolute atomic E-state index is 0.0166. The SMILES string of the molecule is N#Cc1cccc(O)c1-c1cc2ncnc3c2c(c1Cl)OC[C@@H]1CNCCN31.O=C(O)C(F)(F)F. The minimum Gasteiger partial charge on any atom is -0.507 e. The maximum absolute atomic E-state index is 10.6. The number of aromatic hydroxyl groups is 1. The lowest BCUT2D eigenvalue weighted by Crippen LogP contribution is -2.53. The zero-order chi connectivity index (χ0) is 25.3. The number of fused-ring (bicyclic) bond motifs is 2. The molecule has 0 amide bonds. The Balaban J connectivity index is 0.000000364. The summed E-state index contributed by atoms with van der Waals surface area (Å²) in [6, 6.07) is 8.85. The second-order valence-corrected chi connectivity index (χ2v) is 8.01. The highest BCUT2D eigenvalue weighted by molar-refractivity contribution is 6.36. The summed E-state index contributed by atoms with van der Waals surface area (Å²) in [7, 11) is 0. The predicted octanol–water partition coefficient (Wildman–Crippen LogP) is 3.33. The van der Waals surface area contributed by atoms with Gasteiger partial charge in [0.25, 0.3) is 0 Å². The molecule has 9 nitrogen and oxygen atoms in total. The molecule has 0 unspecified atom stereocenters. The molecule has 1 saturated heterocycles. The number of phenols is 1. The molecule has 3 heterocycles.